The Morgan fingerprint density at radius 3 is 2.88 bits per heavy atom. The van der Waals surface area contributed by atoms with E-state index in [4.69, 9.17) is 9.47 Å². The summed E-state index contributed by atoms with van der Waals surface area (Å²) in [6.45, 7) is 0.0472. The Balaban J connectivity index is 1.44. The SMILES string of the molecule is COc1ccc(COC(=O)CCSc2nc3ccccc3s2)cc1F. The minimum absolute atomic E-state index is 0.0472. The van der Waals surface area contributed by atoms with Crippen LogP contribution in [0.3, 0.4) is 0 Å². The Hall–Kier alpha value is -2.12. The zero-order valence-corrected chi connectivity index (χ0v) is 15.2. The van der Waals surface area contributed by atoms with Crippen LogP contribution in [-0.2, 0) is 16.1 Å². The van der Waals surface area contributed by atoms with E-state index in [1.807, 2.05) is 24.3 Å². The number of nitrogens with zero attached hydrogens (tertiary/aromatic N) is 1. The van der Waals surface area contributed by atoms with Crippen LogP contribution in [0.1, 0.15) is 12.0 Å². The number of thioether (sulfide) groups is 1. The first-order chi connectivity index (χ1) is 12.2. The third-order valence-corrected chi connectivity index (χ3v) is 5.60. The standard InChI is InChI=1S/C18H16FNO3S2/c1-22-15-7-6-12(10-13(15)19)11-23-17(21)8-9-24-18-20-14-4-2-3-5-16(14)25-18/h2-7,10H,8-9,11H2,1H3. The van der Waals surface area contributed by atoms with Gasteiger partial charge in [0.2, 0.25) is 0 Å². The van der Waals surface area contributed by atoms with E-state index in [9.17, 15) is 9.18 Å². The minimum Gasteiger partial charge on any atom is -0.494 e. The third kappa shape index (κ3) is 4.70. The summed E-state index contributed by atoms with van der Waals surface area (Å²) in [5, 5.41) is 0. The summed E-state index contributed by atoms with van der Waals surface area (Å²) in [4.78, 5) is 16.3. The minimum atomic E-state index is -0.470. The van der Waals surface area contributed by atoms with E-state index in [0.29, 0.717) is 11.3 Å². The van der Waals surface area contributed by atoms with Gasteiger partial charge in [0.05, 0.1) is 23.7 Å². The summed E-state index contributed by atoms with van der Waals surface area (Å²) in [5.74, 6) is -0.0232. The molecular formula is C18H16FNO3S2. The topological polar surface area (TPSA) is 48.4 Å². The van der Waals surface area contributed by atoms with Crippen molar-refractivity contribution in [3.05, 3.63) is 53.8 Å². The van der Waals surface area contributed by atoms with E-state index >= 15 is 0 Å². The molecule has 0 unspecified atom stereocenters. The van der Waals surface area contributed by atoms with Crippen LogP contribution < -0.4 is 4.74 Å². The fourth-order valence-corrected chi connectivity index (χ4v) is 4.23. The molecule has 0 bridgehead atoms. The van der Waals surface area contributed by atoms with Crippen LogP contribution >= 0.6 is 23.1 Å². The normalized spacial score (nSPS) is 10.8. The number of halogens is 1. The number of rotatable bonds is 7. The molecule has 3 aromatic rings. The lowest BCUT2D eigenvalue weighted by Crippen LogP contribution is -2.05. The molecular weight excluding hydrogens is 361 g/mol. The van der Waals surface area contributed by atoms with Gasteiger partial charge < -0.3 is 9.47 Å². The van der Waals surface area contributed by atoms with Gasteiger partial charge in [0.15, 0.2) is 15.9 Å². The number of para-hydroxylation sites is 1. The van der Waals surface area contributed by atoms with Gasteiger partial charge in [-0.05, 0) is 29.8 Å². The van der Waals surface area contributed by atoms with Gasteiger partial charge in [-0.15, -0.1) is 11.3 Å². The molecule has 0 amide bonds. The molecule has 0 fully saturated rings. The summed E-state index contributed by atoms with van der Waals surface area (Å²) >= 11 is 3.14. The molecule has 3 rings (SSSR count). The number of hydrogen-bond donors (Lipinski definition) is 0. The van der Waals surface area contributed by atoms with Crippen LogP contribution in [0, 0.1) is 5.82 Å². The molecule has 130 valence electrons. The van der Waals surface area contributed by atoms with E-state index in [-0.39, 0.29) is 24.7 Å². The maximum Gasteiger partial charge on any atom is 0.306 e. The second kappa shape index (κ2) is 8.31. The predicted molar refractivity (Wildman–Crippen MR) is 97.7 cm³/mol. The summed E-state index contributed by atoms with van der Waals surface area (Å²) in [6.07, 6.45) is 0.277. The number of carbonyl (C=O) groups excluding carboxylic acids is 1. The van der Waals surface area contributed by atoms with Gasteiger partial charge in [-0.3, -0.25) is 4.79 Å². The Labute approximate surface area is 153 Å². The van der Waals surface area contributed by atoms with E-state index in [1.54, 1.807) is 17.4 Å². The quantitative estimate of drug-likeness (QED) is 0.442. The number of esters is 1. The third-order valence-electron chi connectivity index (χ3n) is 3.42. The van der Waals surface area contributed by atoms with Crippen molar-refractivity contribution in [2.75, 3.05) is 12.9 Å². The van der Waals surface area contributed by atoms with E-state index in [2.05, 4.69) is 4.98 Å². The van der Waals surface area contributed by atoms with E-state index in [1.165, 1.54) is 31.0 Å². The van der Waals surface area contributed by atoms with Crippen molar-refractivity contribution in [3.63, 3.8) is 0 Å². The van der Waals surface area contributed by atoms with Crippen LogP contribution in [0.5, 0.6) is 5.75 Å². The van der Waals surface area contributed by atoms with Crippen molar-refractivity contribution < 1.29 is 18.7 Å². The van der Waals surface area contributed by atoms with E-state index in [0.717, 1.165) is 14.6 Å². The fraction of sp³-hybridized carbons (Fsp3) is 0.222. The molecule has 25 heavy (non-hydrogen) atoms. The molecule has 0 saturated heterocycles. The van der Waals surface area contributed by atoms with Gasteiger partial charge in [-0.25, -0.2) is 9.37 Å². The number of aromatic nitrogens is 1. The zero-order valence-electron chi connectivity index (χ0n) is 13.5. The Morgan fingerprint density at radius 1 is 1.28 bits per heavy atom. The van der Waals surface area contributed by atoms with Gasteiger partial charge >= 0.3 is 5.97 Å². The molecule has 0 spiro atoms. The van der Waals surface area contributed by atoms with Crippen molar-refractivity contribution >= 4 is 39.3 Å². The maximum atomic E-state index is 13.6. The molecule has 1 aromatic heterocycles. The lowest BCUT2D eigenvalue weighted by Gasteiger charge is -2.06. The molecule has 2 aromatic carbocycles. The van der Waals surface area contributed by atoms with Crippen molar-refractivity contribution in [2.24, 2.45) is 0 Å². The number of fused-ring (bicyclic) bond motifs is 1. The maximum absolute atomic E-state index is 13.6. The Kier molecular flexibility index (Phi) is 5.88. The highest BCUT2D eigenvalue weighted by Gasteiger charge is 2.09. The van der Waals surface area contributed by atoms with Crippen LogP contribution in [0.4, 0.5) is 4.39 Å². The van der Waals surface area contributed by atoms with Crippen molar-refractivity contribution in [1.82, 2.24) is 4.98 Å². The Morgan fingerprint density at radius 2 is 2.12 bits per heavy atom. The number of benzene rings is 2. The van der Waals surface area contributed by atoms with Gasteiger partial charge in [-0.2, -0.15) is 0 Å². The summed E-state index contributed by atoms with van der Waals surface area (Å²) in [5.41, 5.74) is 1.56. The lowest BCUT2D eigenvalue weighted by molar-refractivity contribution is -0.144. The predicted octanol–water partition coefficient (Wildman–Crippen LogP) is 4.67. The number of thiazole rings is 1. The summed E-state index contributed by atoms with van der Waals surface area (Å²) in [7, 11) is 1.40. The molecule has 1 heterocycles. The molecule has 0 radical (unpaired) electrons. The second-order valence-corrected chi connectivity index (χ2v) is 7.55. The average Bonchev–Trinajstić information content (AvgIpc) is 3.03. The molecule has 0 aliphatic heterocycles. The molecule has 0 atom stereocenters. The first kappa shape index (κ1) is 17.7. The van der Waals surface area contributed by atoms with Crippen LogP contribution in [0.15, 0.2) is 46.8 Å². The van der Waals surface area contributed by atoms with Gasteiger partial charge in [0.1, 0.15) is 6.61 Å². The first-order valence-corrected chi connectivity index (χ1v) is 9.42. The molecule has 7 heteroatoms. The van der Waals surface area contributed by atoms with Crippen molar-refractivity contribution in [3.8, 4) is 5.75 Å². The highest BCUT2D eigenvalue weighted by Crippen LogP contribution is 2.29. The molecule has 0 aliphatic carbocycles. The molecule has 0 N–H and O–H groups in total. The lowest BCUT2D eigenvalue weighted by atomic mass is 10.2. The van der Waals surface area contributed by atoms with Crippen LogP contribution in [0.2, 0.25) is 0 Å². The first-order valence-electron chi connectivity index (χ1n) is 7.62. The number of carbonyl (C=O) groups is 1. The van der Waals surface area contributed by atoms with E-state index < -0.39 is 5.82 Å². The second-order valence-electron chi connectivity index (χ2n) is 5.18. The number of ether oxygens (including phenoxy) is 2. The van der Waals surface area contributed by atoms with Gasteiger partial charge in [0.25, 0.3) is 0 Å². The largest absolute Gasteiger partial charge is 0.494 e. The molecule has 0 aliphatic rings. The van der Waals surface area contributed by atoms with Crippen LogP contribution in [0.25, 0.3) is 10.2 Å². The number of methoxy groups -OCH3 is 1. The molecule has 4 nitrogen and oxygen atoms in total. The fourth-order valence-electron chi connectivity index (χ4n) is 2.17. The highest BCUT2D eigenvalue weighted by molar-refractivity contribution is 8.01. The smallest absolute Gasteiger partial charge is 0.306 e. The highest BCUT2D eigenvalue weighted by atomic mass is 32.2. The summed E-state index contributed by atoms with van der Waals surface area (Å²) in [6, 6.07) is 12.4. The van der Waals surface area contributed by atoms with Crippen molar-refractivity contribution in [2.45, 2.75) is 17.4 Å². The Bertz CT molecular complexity index is 849. The van der Waals surface area contributed by atoms with Gasteiger partial charge in [-0.1, -0.05) is 30.0 Å². The van der Waals surface area contributed by atoms with Crippen LogP contribution in [-0.4, -0.2) is 23.8 Å². The summed E-state index contributed by atoms with van der Waals surface area (Å²) < 4.78 is 25.7. The van der Waals surface area contributed by atoms with Crippen molar-refractivity contribution in [1.29, 1.82) is 0 Å². The zero-order chi connectivity index (χ0) is 17.6. The monoisotopic (exact) mass is 377 g/mol. The molecule has 0 saturated carbocycles. The average molecular weight is 377 g/mol. The number of hydrogen-bond acceptors (Lipinski definition) is 6. The van der Waals surface area contributed by atoms with Gasteiger partial charge in [0, 0.05) is 5.75 Å².